The van der Waals surface area contributed by atoms with Crippen molar-refractivity contribution in [2.24, 2.45) is 7.05 Å². The molecule has 14 heavy (non-hydrogen) atoms. The van der Waals surface area contributed by atoms with Gasteiger partial charge in [-0.2, -0.15) is 5.10 Å². The monoisotopic (exact) mass is 184 g/mol. The van der Waals surface area contributed by atoms with E-state index in [1.807, 2.05) is 37.6 Å². The zero-order valence-corrected chi connectivity index (χ0v) is 8.09. The largest absolute Gasteiger partial charge is 0.275 e. The fourth-order valence-electron chi connectivity index (χ4n) is 1.28. The van der Waals surface area contributed by atoms with Crippen LogP contribution < -0.4 is 0 Å². The molecule has 0 saturated heterocycles. The molecular formula is C12H12N2. The van der Waals surface area contributed by atoms with Crippen molar-refractivity contribution in [1.82, 2.24) is 9.78 Å². The minimum absolute atomic E-state index is 1.12. The van der Waals surface area contributed by atoms with Crippen LogP contribution in [-0.4, -0.2) is 9.78 Å². The lowest BCUT2D eigenvalue weighted by Crippen LogP contribution is -1.83. The van der Waals surface area contributed by atoms with Gasteiger partial charge in [0.25, 0.3) is 0 Å². The number of rotatable bonds is 2. The molecule has 0 radical (unpaired) electrons. The molecule has 70 valence electrons. The predicted molar refractivity (Wildman–Crippen MR) is 58.6 cm³/mol. The van der Waals surface area contributed by atoms with E-state index in [9.17, 15) is 0 Å². The van der Waals surface area contributed by atoms with Crippen LogP contribution in [0.5, 0.6) is 0 Å². The Bertz CT molecular complexity index is 427. The minimum atomic E-state index is 1.12. The van der Waals surface area contributed by atoms with Crippen molar-refractivity contribution in [2.45, 2.75) is 0 Å². The third-order valence-electron chi connectivity index (χ3n) is 1.99. The van der Waals surface area contributed by atoms with Crippen LogP contribution in [0.1, 0.15) is 11.1 Å². The summed E-state index contributed by atoms with van der Waals surface area (Å²) in [5.74, 6) is 0. The van der Waals surface area contributed by atoms with E-state index in [0.29, 0.717) is 0 Å². The van der Waals surface area contributed by atoms with Crippen LogP contribution >= 0.6 is 0 Å². The van der Waals surface area contributed by atoms with Crippen LogP contribution in [0.3, 0.4) is 0 Å². The van der Waals surface area contributed by atoms with E-state index in [0.717, 1.165) is 5.56 Å². The highest BCUT2D eigenvalue weighted by atomic mass is 15.2. The Morgan fingerprint density at radius 3 is 2.43 bits per heavy atom. The summed E-state index contributed by atoms with van der Waals surface area (Å²) < 4.78 is 1.80. The van der Waals surface area contributed by atoms with Gasteiger partial charge in [-0.05, 0) is 5.56 Å². The van der Waals surface area contributed by atoms with Crippen LogP contribution in [0.4, 0.5) is 0 Å². The molecule has 0 fully saturated rings. The molecular weight excluding hydrogens is 172 g/mol. The zero-order chi connectivity index (χ0) is 9.80. The Labute approximate surface area is 83.5 Å². The lowest BCUT2D eigenvalue weighted by Gasteiger charge is -1.89. The van der Waals surface area contributed by atoms with Gasteiger partial charge in [0.15, 0.2) is 0 Å². The SMILES string of the molecule is Cn1cc(/C=C/c2ccccc2)cn1. The van der Waals surface area contributed by atoms with Gasteiger partial charge in [0, 0.05) is 18.8 Å². The van der Waals surface area contributed by atoms with E-state index in [1.54, 1.807) is 4.68 Å². The number of aryl methyl sites for hydroxylation is 1. The smallest absolute Gasteiger partial charge is 0.0562 e. The summed E-state index contributed by atoms with van der Waals surface area (Å²) >= 11 is 0. The third kappa shape index (κ3) is 2.10. The first kappa shape index (κ1) is 8.75. The van der Waals surface area contributed by atoms with Gasteiger partial charge in [-0.3, -0.25) is 4.68 Å². The maximum Gasteiger partial charge on any atom is 0.0562 e. The Hall–Kier alpha value is -1.83. The summed E-state index contributed by atoms with van der Waals surface area (Å²) in [4.78, 5) is 0. The van der Waals surface area contributed by atoms with Crippen LogP contribution in [-0.2, 0) is 7.05 Å². The van der Waals surface area contributed by atoms with Crippen LogP contribution in [0, 0.1) is 0 Å². The molecule has 2 rings (SSSR count). The Morgan fingerprint density at radius 2 is 1.79 bits per heavy atom. The summed E-state index contributed by atoms with van der Waals surface area (Å²) in [7, 11) is 1.92. The molecule has 0 unspecified atom stereocenters. The maximum atomic E-state index is 4.09. The van der Waals surface area contributed by atoms with E-state index in [-0.39, 0.29) is 0 Å². The van der Waals surface area contributed by atoms with E-state index in [1.165, 1.54) is 5.56 Å². The molecule has 2 heteroatoms. The van der Waals surface area contributed by atoms with Gasteiger partial charge in [0.1, 0.15) is 0 Å². The zero-order valence-electron chi connectivity index (χ0n) is 8.09. The second-order valence-corrected chi connectivity index (χ2v) is 3.19. The van der Waals surface area contributed by atoms with Crippen molar-refractivity contribution in [3.05, 3.63) is 53.9 Å². The normalized spacial score (nSPS) is 10.9. The van der Waals surface area contributed by atoms with Gasteiger partial charge in [-0.25, -0.2) is 0 Å². The standard InChI is InChI=1S/C12H12N2/c1-14-10-12(9-13-14)8-7-11-5-3-2-4-6-11/h2-10H,1H3/b8-7+. The average molecular weight is 184 g/mol. The number of aromatic nitrogens is 2. The molecule has 2 aromatic rings. The molecule has 0 amide bonds. The average Bonchev–Trinajstić information content (AvgIpc) is 2.63. The summed E-state index contributed by atoms with van der Waals surface area (Å²) in [5.41, 5.74) is 2.33. The summed E-state index contributed by atoms with van der Waals surface area (Å²) in [6, 6.07) is 10.2. The topological polar surface area (TPSA) is 17.8 Å². The third-order valence-corrected chi connectivity index (χ3v) is 1.99. The van der Waals surface area contributed by atoms with Gasteiger partial charge in [-0.15, -0.1) is 0 Å². The van der Waals surface area contributed by atoms with Crippen molar-refractivity contribution in [3.8, 4) is 0 Å². The minimum Gasteiger partial charge on any atom is -0.275 e. The van der Waals surface area contributed by atoms with E-state index in [2.05, 4.69) is 29.4 Å². The van der Waals surface area contributed by atoms with Gasteiger partial charge in [-0.1, -0.05) is 42.5 Å². The van der Waals surface area contributed by atoms with Crippen molar-refractivity contribution < 1.29 is 0 Å². The molecule has 0 atom stereocenters. The summed E-state index contributed by atoms with van der Waals surface area (Å²) in [5, 5.41) is 4.09. The van der Waals surface area contributed by atoms with Crippen molar-refractivity contribution >= 4 is 12.2 Å². The first-order valence-corrected chi connectivity index (χ1v) is 4.56. The lowest BCUT2D eigenvalue weighted by molar-refractivity contribution is 0.767. The number of nitrogens with zero attached hydrogens (tertiary/aromatic N) is 2. The van der Waals surface area contributed by atoms with Gasteiger partial charge in [0.2, 0.25) is 0 Å². The molecule has 0 saturated carbocycles. The molecule has 1 aromatic carbocycles. The number of hydrogen-bond acceptors (Lipinski definition) is 1. The highest BCUT2D eigenvalue weighted by Gasteiger charge is 1.89. The van der Waals surface area contributed by atoms with E-state index < -0.39 is 0 Å². The second kappa shape index (κ2) is 3.92. The molecule has 0 aliphatic heterocycles. The molecule has 0 N–H and O–H groups in total. The number of hydrogen-bond donors (Lipinski definition) is 0. The molecule has 1 heterocycles. The van der Waals surface area contributed by atoms with Gasteiger partial charge in [0.05, 0.1) is 6.20 Å². The van der Waals surface area contributed by atoms with Crippen molar-refractivity contribution in [3.63, 3.8) is 0 Å². The molecule has 0 aliphatic carbocycles. The van der Waals surface area contributed by atoms with Crippen LogP contribution in [0.15, 0.2) is 42.7 Å². The lowest BCUT2D eigenvalue weighted by atomic mass is 10.2. The molecule has 1 aromatic heterocycles. The number of benzene rings is 1. The Kier molecular flexibility index (Phi) is 2.45. The first-order valence-electron chi connectivity index (χ1n) is 4.56. The summed E-state index contributed by atoms with van der Waals surface area (Å²) in [6.07, 6.45) is 7.97. The highest BCUT2D eigenvalue weighted by Crippen LogP contribution is 2.06. The van der Waals surface area contributed by atoms with E-state index in [4.69, 9.17) is 0 Å². The first-order chi connectivity index (χ1) is 6.84. The fraction of sp³-hybridized carbons (Fsp3) is 0.0833. The Morgan fingerprint density at radius 1 is 1.07 bits per heavy atom. The molecule has 2 nitrogen and oxygen atoms in total. The maximum absolute atomic E-state index is 4.09. The van der Waals surface area contributed by atoms with Crippen molar-refractivity contribution in [1.29, 1.82) is 0 Å². The fourth-order valence-corrected chi connectivity index (χ4v) is 1.28. The van der Waals surface area contributed by atoms with Crippen molar-refractivity contribution in [2.75, 3.05) is 0 Å². The molecule has 0 spiro atoms. The highest BCUT2D eigenvalue weighted by molar-refractivity contribution is 5.68. The summed E-state index contributed by atoms with van der Waals surface area (Å²) in [6.45, 7) is 0. The van der Waals surface area contributed by atoms with E-state index >= 15 is 0 Å². The van der Waals surface area contributed by atoms with Gasteiger partial charge < -0.3 is 0 Å². The Balaban J connectivity index is 2.15. The van der Waals surface area contributed by atoms with Crippen LogP contribution in [0.25, 0.3) is 12.2 Å². The second-order valence-electron chi connectivity index (χ2n) is 3.19. The quantitative estimate of drug-likeness (QED) is 0.701. The van der Waals surface area contributed by atoms with Gasteiger partial charge >= 0.3 is 0 Å². The van der Waals surface area contributed by atoms with Crippen LogP contribution in [0.2, 0.25) is 0 Å². The predicted octanol–water partition coefficient (Wildman–Crippen LogP) is 2.59. The molecule has 0 bridgehead atoms. The molecule has 0 aliphatic rings.